The van der Waals surface area contributed by atoms with E-state index < -0.39 is 5.97 Å². The van der Waals surface area contributed by atoms with Gasteiger partial charge < -0.3 is 0 Å². The molecule has 3 nitrogen and oxygen atoms in total. The van der Waals surface area contributed by atoms with Gasteiger partial charge in [-0.15, -0.1) is 0 Å². The first-order chi connectivity index (χ1) is 5.09. The van der Waals surface area contributed by atoms with Gasteiger partial charge in [-0.25, -0.2) is 0 Å². The molecule has 0 aliphatic heterocycles. The molecular weight excluding hydrogens is 173 g/mol. The Morgan fingerprint density at radius 3 is 2.82 bits per heavy atom. The van der Waals surface area contributed by atoms with Crippen molar-refractivity contribution in [2.24, 2.45) is 0 Å². The fraction of sp³-hybridized carbons (Fsp3) is 0.333. The van der Waals surface area contributed by atoms with Gasteiger partial charge in [-0.3, -0.25) is 0 Å². The second-order valence-electron chi connectivity index (χ2n) is 2.31. The SMILES string of the molecule is Cc1s[c]([Na])nc1CC(=O)O. The van der Waals surface area contributed by atoms with Crippen LogP contribution in [0.2, 0.25) is 0 Å². The number of carboxylic acids is 1. The molecule has 5 heteroatoms. The molecule has 1 heterocycles. The average molecular weight is 179 g/mol. The van der Waals surface area contributed by atoms with Crippen molar-refractivity contribution in [2.75, 3.05) is 0 Å². The van der Waals surface area contributed by atoms with Gasteiger partial charge in [-0.2, -0.15) is 0 Å². The van der Waals surface area contributed by atoms with Crippen molar-refractivity contribution in [3.63, 3.8) is 0 Å². The van der Waals surface area contributed by atoms with Crippen LogP contribution in [0.25, 0.3) is 0 Å². The van der Waals surface area contributed by atoms with Gasteiger partial charge in [-0.1, -0.05) is 0 Å². The molecule has 0 atom stereocenters. The van der Waals surface area contributed by atoms with Gasteiger partial charge in [0.2, 0.25) is 0 Å². The molecule has 0 saturated heterocycles. The summed E-state index contributed by atoms with van der Waals surface area (Å²) in [5, 5.41) is 8.48. The Bertz CT molecular complexity index is 284. The van der Waals surface area contributed by atoms with Crippen LogP contribution in [0.1, 0.15) is 10.6 Å². The quantitative estimate of drug-likeness (QED) is 0.643. The maximum absolute atomic E-state index is 10.3. The zero-order chi connectivity index (χ0) is 8.43. The van der Waals surface area contributed by atoms with Gasteiger partial charge in [0.15, 0.2) is 0 Å². The van der Waals surface area contributed by atoms with Gasteiger partial charge >= 0.3 is 86.3 Å². The number of carbonyl (C=O) groups is 1. The number of nitrogens with zero attached hydrogens (tertiary/aromatic N) is 1. The molecule has 1 aromatic heterocycles. The van der Waals surface area contributed by atoms with Crippen LogP contribution >= 0.6 is 11.3 Å². The molecule has 11 heavy (non-hydrogen) atoms. The predicted octanol–water partition coefficient (Wildman–Crippen LogP) is -0.128. The summed E-state index contributed by atoms with van der Waals surface area (Å²) in [6.45, 7) is 1.91. The van der Waals surface area contributed by atoms with Crippen LogP contribution in [0.4, 0.5) is 0 Å². The van der Waals surface area contributed by atoms with E-state index in [-0.39, 0.29) is 6.42 Å². The molecule has 0 unspecified atom stereocenters. The van der Waals surface area contributed by atoms with Crippen molar-refractivity contribution >= 4 is 47.5 Å². The van der Waals surface area contributed by atoms with Gasteiger partial charge in [0, 0.05) is 0 Å². The summed E-state index contributed by atoms with van der Waals surface area (Å²) < 4.78 is 1.07. The Morgan fingerprint density at radius 2 is 2.45 bits per heavy atom. The van der Waals surface area contributed by atoms with Gasteiger partial charge in [-0.05, 0) is 0 Å². The summed E-state index contributed by atoms with van der Waals surface area (Å²) in [5.74, 6) is -0.805. The third-order valence-electron chi connectivity index (χ3n) is 1.32. The molecule has 0 saturated carbocycles. The average Bonchev–Trinajstić information content (AvgIpc) is 2.09. The number of carboxylic acid groups (broad SMARTS) is 1. The number of rotatable bonds is 2. The van der Waals surface area contributed by atoms with Crippen LogP contribution in [0.3, 0.4) is 0 Å². The third kappa shape index (κ3) is 2.56. The van der Waals surface area contributed by atoms with Crippen LogP contribution in [-0.4, -0.2) is 44.0 Å². The van der Waals surface area contributed by atoms with E-state index in [2.05, 4.69) is 4.98 Å². The molecule has 0 spiro atoms. The predicted molar refractivity (Wildman–Crippen MR) is 43.6 cm³/mol. The van der Waals surface area contributed by atoms with E-state index in [1.54, 1.807) is 11.3 Å². The topological polar surface area (TPSA) is 50.2 Å². The summed E-state index contributed by atoms with van der Waals surface area (Å²) in [6, 6.07) is 0. The van der Waals surface area contributed by atoms with Crippen LogP contribution in [0.15, 0.2) is 0 Å². The minimum atomic E-state index is -0.805. The molecule has 54 valence electrons. The summed E-state index contributed by atoms with van der Waals surface area (Å²) in [5.41, 5.74) is 0.729. The van der Waals surface area contributed by atoms with Crippen LogP contribution in [-0.2, 0) is 11.2 Å². The molecular formula is C6H6NNaO2S. The van der Waals surface area contributed by atoms with E-state index in [9.17, 15) is 4.79 Å². The molecule has 1 aromatic rings. The summed E-state index contributed by atoms with van der Waals surface area (Å²) in [4.78, 5) is 15.5. The Hall–Kier alpha value is 0.100. The number of hydrogen-bond acceptors (Lipinski definition) is 3. The molecule has 0 radical (unpaired) electrons. The van der Waals surface area contributed by atoms with Gasteiger partial charge in [0.1, 0.15) is 0 Å². The van der Waals surface area contributed by atoms with Crippen LogP contribution < -0.4 is 2.26 Å². The van der Waals surface area contributed by atoms with Crippen LogP contribution in [0.5, 0.6) is 0 Å². The van der Waals surface area contributed by atoms with E-state index >= 15 is 0 Å². The summed E-state index contributed by atoms with van der Waals surface area (Å²) in [6.07, 6.45) is 0.0601. The van der Waals surface area contributed by atoms with Gasteiger partial charge in [0.25, 0.3) is 0 Å². The Balaban J connectivity index is 2.85. The number of aromatic nitrogens is 1. The number of hydrogen-bond donors (Lipinski definition) is 1. The number of aliphatic carboxylic acids is 1. The first-order valence-corrected chi connectivity index (χ1v) is 5.06. The van der Waals surface area contributed by atoms with Crippen LogP contribution in [0, 0.1) is 6.92 Å². The maximum atomic E-state index is 10.3. The number of thiazole rings is 1. The molecule has 0 bridgehead atoms. The zero-order valence-corrected chi connectivity index (χ0v) is 9.23. The van der Waals surface area contributed by atoms with Crippen molar-refractivity contribution in [1.82, 2.24) is 4.98 Å². The fourth-order valence-corrected chi connectivity index (χ4v) is 2.90. The second kappa shape index (κ2) is 3.67. The monoisotopic (exact) mass is 179 g/mol. The third-order valence-corrected chi connectivity index (χ3v) is 3.08. The van der Waals surface area contributed by atoms with Crippen molar-refractivity contribution in [2.45, 2.75) is 13.3 Å². The Kier molecular flexibility index (Phi) is 3.06. The van der Waals surface area contributed by atoms with E-state index in [0.29, 0.717) is 0 Å². The number of aryl methyl sites for hydroxylation is 1. The van der Waals surface area contributed by atoms with E-state index in [0.717, 1.165) is 40.8 Å². The van der Waals surface area contributed by atoms with E-state index in [4.69, 9.17) is 5.11 Å². The summed E-state index contributed by atoms with van der Waals surface area (Å²) in [7, 11) is 0. The van der Waals surface area contributed by atoms with Crippen molar-refractivity contribution in [3.05, 3.63) is 10.6 Å². The minimum absolute atomic E-state index is 0.0601. The second-order valence-corrected chi connectivity index (χ2v) is 5.39. The fourth-order valence-electron chi connectivity index (χ4n) is 0.879. The molecule has 0 aliphatic rings. The zero-order valence-electron chi connectivity index (χ0n) is 6.42. The molecule has 1 N–H and O–H groups in total. The Morgan fingerprint density at radius 1 is 1.82 bits per heavy atom. The van der Waals surface area contributed by atoms with Crippen molar-refractivity contribution in [3.8, 4) is 0 Å². The molecule has 0 aliphatic carbocycles. The summed E-state index contributed by atoms with van der Waals surface area (Å²) >= 11 is 2.51. The molecule has 1 rings (SSSR count). The standard InChI is InChI=1S/C6H6NO2S.Na/c1-4-5(2-6(8)9)7-3-10-4;/h2H2,1H3,(H,8,9);. The van der Waals surface area contributed by atoms with E-state index in [1.165, 1.54) is 0 Å². The molecule has 0 fully saturated rings. The Labute approximate surface area is 85.9 Å². The molecule has 0 amide bonds. The first-order valence-electron chi connectivity index (χ1n) is 3.24. The molecule has 0 aromatic carbocycles. The van der Waals surface area contributed by atoms with Gasteiger partial charge in [0.05, 0.1) is 0 Å². The normalized spacial score (nSPS) is 10.1. The first kappa shape index (κ1) is 9.19. The van der Waals surface area contributed by atoms with Crippen molar-refractivity contribution < 1.29 is 9.90 Å². The van der Waals surface area contributed by atoms with E-state index in [1.807, 2.05) is 6.92 Å². The van der Waals surface area contributed by atoms with Crippen molar-refractivity contribution in [1.29, 1.82) is 0 Å².